The van der Waals surface area contributed by atoms with Gasteiger partial charge in [-0.3, -0.25) is 9.54 Å². The number of esters is 1. The monoisotopic (exact) mass is 443 g/mol. The molecule has 9 heteroatoms. The number of nitrogens with zero attached hydrogens (tertiary/aromatic N) is 1. The average Bonchev–Trinajstić information content (AvgIpc) is 2.74. The fraction of sp³-hybridized carbons (Fsp3) is 0.182. The van der Waals surface area contributed by atoms with E-state index in [1.54, 1.807) is 37.4 Å². The predicted molar refractivity (Wildman–Crippen MR) is 112 cm³/mol. The minimum Gasteiger partial charge on any atom is -0.482 e. The van der Waals surface area contributed by atoms with Gasteiger partial charge in [0.2, 0.25) is 0 Å². The molecule has 31 heavy (non-hydrogen) atoms. The van der Waals surface area contributed by atoms with E-state index in [-0.39, 0.29) is 18.3 Å². The van der Waals surface area contributed by atoms with Gasteiger partial charge in [0, 0.05) is 6.20 Å². The molecule has 8 nitrogen and oxygen atoms in total. The maximum absolute atomic E-state index is 11.5. The molecule has 3 aromatic rings. The Labute approximate surface area is 180 Å². The van der Waals surface area contributed by atoms with Crippen LogP contribution in [0.1, 0.15) is 29.7 Å². The van der Waals surface area contributed by atoms with E-state index in [0.717, 1.165) is 16.8 Å². The number of ether oxygens (including phenoxy) is 2. The number of benzene rings is 2. The Morgan fingerprint density at radius 2 is 1.58 bits per heavy atom. The normalized spacial score (nSPS) is 12.1. The summed E-state index contributed by atoms with van der Waals surface area (Å²) in [5.41, 5.74) is 2.53. The quantitative estimate of drug-likeness (QED) is 0.396. The van der Waals surface area contributed by atoms with Crippen molar-refractivity contribution in [2.24, 2.45) is 0 Å². The highest BCUT2D eigenvalue weighted by atomic mass is 32.3. The van der Waals surface area contributed by atoms with Crippen molar-refractivity contribution in [2.45, 2.75) is 12.8 Å². The zero-order valence-corrected chi connectivity index (χ0v) is 17.5. The average molecular weight is 443 g/mol. The van der Waals surface area contributed by atoms with E-state index in [2.05, 4.69) is 9.17 Å². The van der Waals surface area contributed by atoms with Crippen molar-refractivity contribution in [3.05, 3.63) is 89.7 Å². The maximum Gasteiger partial charge on any atom is 0.446 e. The molecule has 0 spiro atoms. The fourth-order valence-electron chi connectivity index (χ4n) is 3.02. The Bertz CT molecular complexity index is 1100. The van der Waals surface area contributed by atoms with Crippen molar-refractivity contribution >= 4 is 16.4 Å². The predicted octanol–water partition coefficient (Wildman–Crippen LogP) is 3.39. The Balaban J connectivity index is 1.86. The largest absolute Gasteiger partial charge is 0.482 e. The van der Waals surface area contributed by atoms with Crippen molar-refractivity contribution in [2.75, 3.05) is 13.2 Å². The number of carbonyl (C=O) groups is 1. The molecular formula is C22H21NO7S. The third-order valence-electron chi connectivity index (χ3n) is 4.27. The van der Waals surface area contributed by atoms with Gasteiger partial charge in [0.25, 0.3) is 0 Å². The van der Waals surface area contributed by atoms with Crippen LogP contribution in [0.3, 0.4) is 0 Å². The summed E-state index contributed by atoms with van der Waals surface area (Å²) in [7, 11) is -4.59. The molecule has 1 atom stereocenters. The molecule has 0 saturated heterocycles. The number of aromatic nitrogens is 1. The van der Waals surface area contributed by atoms with Crippen LogP contribution >= 0.6 is 0 Å². The summed E-state index contributed by atoms with van der Waals surface area (Å²) in [4.78, 5) is 15.9. The molecule has 162 valence electrons. The van der Waals surface area contributed by atoms with Crippen molar-refractivity contribution in [1.82, 2.24) is 4.98 Å². The van der Waals surface area contributed by atoms with Crippen molar-refractivity contribution in [1.29, 1.82) is 0 Å². The Kier molecular flexibility index (Phi) is 7.22. The second-order valence-electron chi connectivity index (χ2n) is 6.43. The lowest BCUT2D eigenvalue weighted by molar-refractivity contribution is -0.145. The molecule has 1 aromatic heterocycles. The fourth-order valence-corrected chi connectivity index (χ4v) is 3.37. The van der Waals surface area contributed by atoms with Gasteiger partial charge in [0.05, 0.1) is 18.2 Å². The smallest absolute Gasteiger partial charge is 0.446 e. The van der Waals surface area contributed by atoms with Gasteiger partial charge in [-0.05, 0) is 54.4 Å². The zero-order valence-electron chi connectivity index (χ0n) is 16.7. The molecule has 1 unspecified atom stereocenters. The van der Waals surface area contributed by atoms with Crippen LogP contribution in [-0.4, -0.2) is 37.1 Å². The standard InChI is InChI=1S/C22H21NO7S/c1-2-28-21(24)15-29-18-10-6-16(7-11-18)22(20-5-3-4-14-23-20)17-8-12-19(13-9-17)30-31(25,26)27/h3-14,22H,2,15H2,1H3,(H,25,26,27). The molecule has 0 radical (unpaired) electrons. The lowest BCUT2D eigenvalue weighted by Crippen LogP contribution is -2.14. The number of hydrogen-bond acceptors (Lipinski definition) is 7. The number of pyridine rings is 1. The van der Waals surface area contributed by atoms with Crippen LogP contribution in [0, 0.1) is 0 Å². The lowest BCUT2D eigenvalue weighted by atomic mass is 9.88. The Hall–Kier alpha value is -3.43. The van der Waals surface area contributed by atoms with E-state index < -0.39 is 16.4 Å². The van der Waals surface area contributed by atoms with E-state index in [1.165, 1.54) is 12.1 Å². The van der Waals surface area contributed by atoms with Crippen LogP contribution in [0.25, 0.3) is 0 Å². The zero-order chi connectivity index (χ0) is 22.3. The third-order valence-corrected chi connectivity index (χ3v) is 4.68. The van der Waals surface area contributed by atoms with E-state index >= 15 is 0 Å². The van der Waals surface area contributed by atoms with Gasteiger partial charge in [0.15, 0.2) is 6.61 Å². The van der Waals surface area contributed by atoms with Gasteiger partial charge in [-0.15, -0.1) is 0 Å². The van der Waals surface area contributed by atoms with Crippen molar-refractivity contribution in [3.8, 4) is 11.5 Å². The van der Waals surface area contributed by atoms with Gasteiger partial charge >= 0.3 is 16.4 Å². The van der Waals surface area contributed by atoms with Gasteiger partial charge in [0.1, 0.15) is 11.5 Å². The summed E-state index contributed by atoms with van der Waals surface area (Å²) in [5.74, 6) is -0.174. The molecule has 0 aliphatic rings. The van der Waals surface area contributed by atoms with Crippen molar-refractivity contribution in [3.63, 3.8) is 0 Å². The molecule has 0 aliphatic heterocycles. The van der Waals surface area contributed by atoms with Gasteiger partial charge < -0.3 is 13.7 Å². The van der Waals surface area contributed by atoms with Crippen LogP contribution < -0.4 is 8.92 Å². The van der Waals surface area contributed by atoms with E-state index in [4.69, 9.17) is 14.0 Å². The SMILES string of the molecule is CCOC(=O)COc1ccc(C(c2ccc(OS(=O)(=O)O)cc2)c2ccccn2)cc1. The topological polar surface area (TPSA) is 112 Å². The van der Waals surface area contributed by atoms with E-state index in [9.17, 15) is 13.2 Å². The molecule has 0 amide bonds. The van der Waals surface area contributed by atoms with Crippen LogP contribution in [-0.2, 0) is 19.9 Å². The van der Waals surface area contributed by atoms with Gasteiger partial charge in [-0.1, -0.05) is 30.3 Å². The van der Waals surface area contributed by atoms with Crippen LogP contribution in [0.5, 0.6) is 11.5 Å². The summed E-state index contributed by atoms with van der Waals surface area (Å²) < 4.78 is 45.4. The first kappa shape index (κ1) is 22.3. The lowest BCUT2D eigenvalue weighted by Gasteiger charge is -2.18. The summed E-state index contributed by atoms with van der Waals surface area (Å²) in [5, 5.41) is 0. The van der Waals surface area contributed by atoms with Gasteiger partial charge in [-0.2, -0.15) is 8.42 Å². The highest BCUT2D eigenvalue weighted by molar-refractivity contribution is 7.81. The maximum atomic E-state index is 11.5. The van der Waals surface area contributed by atoms with E-state index in [0.29, 0.717) is 12.4 Å². The Morgan fingerprint density at radius 1 is 0.968 bits per heavy atom. The van der Waals surface area contributed by atoms with Crippen molar-refractivity contribution < 1.29 is 31.4 Å². The molecule has 1 heterocycles. The second kappa shape index (κ2) is 10.1. The highest BCUT2D eigenvalue weighted by Gasteiger charge is 2.19. The first-order chi connectivity index (χ1) is 14.9. The first-order valence-corrected chi connectivity index (χ1v) is 10.8. The van der Waals surface area contributed by atoms with Crippen LogP contribution in [0.2, 0.25) is 0 Å². The Morgan fingerprint density at radius 3 is 2.10 bits per heavy atom. The third kappa shape index (κ3) is 6.53. The highest BCUT2D eigenvalue weighted by Crippen LogP contribution is 2.32. The van der Waals surface area contributed by atoms with Crippen LogP contribution in [0.15, 0.2) is 72.9 Å². The summed E-state index contributed by atoms with van der Waals surface area (Å²) >= 11 is 0. The minimum atomic E-state index is -4.59. The molecule has 2 aromatic carbocycles. The number of rotatable bonds is 9. The summed E-state index contributed by atoms with van der Waals surface area (Å²) in [6.45, 7) is 1.85. The molecule has 3 rings (SSSR count). The second-order valence-corrected chi connectivity index (χ2v) is 7.45. The molecular weight excluding hydrogens is 422 g/mol. The first-order valence-electron chi connectivity index (χ1n) is 9.42. The molecule has 1 N–H and O–H groups in total. The van der Waals surface area contributed by atoms with Crippen LogP contribution in [0.4, 0.5) is 0 Å². The number of carbonyl (C=O) groups excluding carboxylic acids is 1. The molecule has 0 fully saturated rings. The summed E-state index contributed by atoms with van der Waals surface area (Å²) in [6, 6.07) is 19.1. The number of hydrogen-bond donors (Lipinski definition) is 1. The van der Waals surface area contributed by atoms with E-state index in [1.807, 2.05) is 30.3 Å². The molecule has 0 bridgehead atoms. The van der Waals surface area contributed by atoms with Gasteiger partial charge in [-0.25, -0.2) is 4.79 Å². The minimum absolute atomic E-state index is 0.00580. The molecule has 0 saturated carbocycles. The summed E-state index contributed by atoms with van der Waals surface area (Å²) in [6.07, 6.45) is 1.69. The molecule has 0 aliphatic carbocycles.